The van der Waals surface area contributed by atoms with Crippen LogP contribution in [-0.2, 0) is 22.0 Å². The Bertz CT molecular complexity index is 650. The molecule has 2 aromatic rings. The summed E-state index contributed by atoms with van der Waals surface area (Å²) in [6, 6.07) is 1.94. The van der Waals surface area contributed by atoms with Gasteiger partial charge in [-0.05, 0) is 31.7 Å². The van der Waals surface area contributed by atoms with E-state index in [0.29, 0.717) is 29.5 Å². The highest BCUT2D eigenvalue weighted by Gasteiger charge is 2.16. The lowest BCUT2D eigenvalue weighted by molar-refractivity contribution is -0.121. The monoisotopic (exact) mass is 340 g/mol. The molecule has 1 amide bonds. The average molecular weight is 340 g/mol. The van der Waals surface area contributed by atoms with Crippen LogP contribution in [0.15, 0.2) is 21.2 Å². The lowest BCUT2D eigenvalue weighted by Gasteiger charge is -2.12. The fourth-order valence-corrected chi connectivity index (χ4v) is 3.31. The fourth-order valence-electron chi connectivity index (χ4n) is 1.99. The molecule has 0 aliphatic heterocycles. The van der Waals surface area contributed by atoms with Crippen molar-refractivity contribution >= 4 is 28.0 Å². The molecule has 0 aliphatic rings. The van der Waals surface area contributed by atoms with Gasteiger partial charge in [-0.2, -0.15) is 11.3 Å². The van der Waals surface area contributed by atoms with Crippen LogP contribution in [0.25, 0.3) is 11.5 Å². The van der Waals surface area contributed by atoms with Gasteiger partial charge in [-0.15, -0.1) is 0 Å². The number of aromatic nitrogens is 1. The summed E-state index contributed by atoms with van der Waals surface area (Å²) in [5, 5.41) is 6.82. The van der Waals surface area contributed by atoms with Crippen LogP contribution in [0.4, 0.5) is 0 Å². The fraction of sp³-hybridized carbons (Fsp3) is 0.467. The molecule has 120 valence electrons. The van der Waals surface area contributed by atoms with Crippen molar-refractivity contribution in [3.63, 3.8) is 0 Å². The van der Waals surface area contributed by atoms with Crippen LogP contribution in [0, 0.1) is 6.92 Å². The number of amides is 1. The number of aryl methyl sites for hydroxylation is 1. The van der Waals surface area contributed by atoms with Crippen molar-refractivity contribution in [2.24, 2.45) is 0 Å². The van der Waals surface area contributed by atoms with Gasteiger partial charge in [0.15, 0.2) is 0 Å². The molecule has 0 fully saturated rings. The molecular formula is C15H20N2O3S2. The minimum absolute atomic E-state index is 0.0000451. The maximum absolute atomic E-state index is 12.0. The van der Waals surface area contributed by atoms with Gasteiger partial charge < -0.3 is 9.73 Å². The minimum atomic E-state index is -0.834. The van der Waals surface area contributed by atoms with Crippen molar-refractivity contribution in [1.82, 2.24) is 10.3 Å². The number of nitrogens with zero attached hydrogens (tertiary/aromatic N) is 1. The van der Waals surface area contributed by atoms with Gasteiger partial charge >= 0.3 is 0 Å². The van der Waals surface area contributed by atoms with Crippen molar-refractivity contribution in [2.75, 3.05) is 12.0 Å². The first-order valence-corrected chi connectivity index (χ1v) is 9.71. The van der Waals surface area contributed by atoms with E-state index in [1.54, 1.807) is 17.6 Å². The molecule has 22 heavy (non-hydrogen) atoms. The summed E-state index contributed by atoms with van der Waals surface area (Å²) in [6.45, 7) is 3.73. The van der Waals surface area contributed by atoms with Crippen molar-refractivity contribution in [3.8, 4) is 11.5 Å². The van der Waals surface area contributed by atoms with Crippen LogP contribution >= 0.6 is 11.3 Å². The van der Waals surface area contributed by atoms with Crippen LogP contribution < -0.4 is 5.32 Å². The zero-order valence-electron chi connectivity index (χ0n) is 12.9. The van der Waals surface area contributed by atoms with Crippen molar-refractivity contribution < 1.29 is 13.4 Å². The molecule has 0 saturated carbocycles. The Balaban J connectivity index is 1.93. The van der Waals surface area contributed by atoms with Gasteiger partial charge in [0.1, 0.15) is 5.76 Å². The molecule has 1 N–H and O–H groups in total. The summed E-state index contributed by atoms with van der Waals surface area (Å²) >= 11 is 1.58. The number of hydrogen-bond donors (Lipinski definition) is 1. The largest absolute Gasteiger partial charge is 0.441 e. The maximum Gasteiger partial charge on any atom is 0.227 e. The Labute approximate surface area is 136 Å². The number of nitrogens with one attached hydrogen (secondary N) is 1. The molecule has 7 heteroatoms. The smallest absolute Gasteiger partial charge is 0.227 e. The van der Waals surface area contributed by atoms with E-state index >= 15 is 0 Å². The lowest BCUT2D eigenvalue weighted by Crippen LogP contribution is -2.34. The second-order valence-corrected chi connectivity index (χ2v) is 7.58. The molecule has 0 aromatic carbocycles. The maximum atomic E-state index is 12.0. The first-order chi connectivity index (χ1) is 10.5. The van der Waals surface area contributed by atoms with Gasteiger partial charge in [-0.1, -0.05) is 0 Å². The van der Waals surface area contributed by atoms with Gasteiger partial charge in [0.05, 0.1) is 12.1 Å². The van der Waals surface area contributed by atoms with E-state index in [-0.39, 0.29) is 18.4 Å². The minimum Gasteiger partial charge on any atom is -0.441 e. The number of oxazole rings is 1. The SMILES string of the molecule is Cc1oc(-c2ccsc2)nc1CC(=O)NC(C)CCS(C)=O. The number of hydrogen-bond acceptors (Lipinski definition) is 5. The number of carbonyl (C=O) groups excluding carboxylic acids is 1. The van der Waals surface area contributed by atoms with Gasteiger partial charge in [0, 0.05) is 39.8 Å². The highest BCUT2D eigenvalue weighted by Crippen LogP contribution is 2.23. The predicted molar refractivity (Wildman–Crippen MR) is 89.4 cm³/mol. The van der Waals surface area contributed by atoms with Gasteiger partial charge in [0.2, 0.25) is 11.8 Å². The van der Waals surface area contributed by atoms with Crippen LogP contribution in [-0.4, -0.2) is 33.2 Å². The molecule has 0 aliphatic carbocycles. The summed E-state index contributed by atoms with van der Waals surface area (Å²) in [5.74, 6) is 1.71. The summed E-state index contributed by atoms with van der Waals surface area (Å²) < 4.78 is 16.7. The molecule has 2 unspecified atom stereocenters. The quantitative estimate of drug-likeness (QED) is 0.841. The topological polar surface area (TPSA) is 72.2 Å². The summed E-state index contributed by atoms with van der Waals surface area (Å²) in [4.78, 5) is 16.5. The van der Waals surface area contributed by atoms with E-state index in [9.17, 15) is 9.00 Å². The second kappa shape index (κ2) is 7.69. The summed E-state index contributed by atoms with van der Waals surface area (Å²) in [5.41, 5.74) is 1.59. The van der Waals surface area contributed by atoms with Crippen LogP contribution in [0.5, 0.6) is 0 Å². The van der Waals surface area contributed by atoms with Gasteiger partial charge in [-0.3, -0.25) is 9.00 Å². The summed E-state index contributed by atoms with van der Waals surface area (Å²) in [7, 11) is -0.834. The first-order valence-electron chi connectivity index (χ1n) is 7.04. The molecule has 0 radical (unpaired) electrons. The lowest BCUT2D eigenvalue weighted by atomic mass is 10.2. The normalized spacial score (nSPS) is 13.8. The molecule has 2 aromatic heterocycles. The molecule has 0 bridgehead atoms. The molecule has 5 nitrogen and oxygen atoms in total. The number of rotatable bonds is 7. The van der Waals surface area contributed by atoms with Crippen LogP contribution in [0.2, 0.25) is 0 Å². The second-order valence-electron chi connectivity index (χ2n) is 5.25. The average Bonchev–Trinajstić information content (AvgIpc) is 3.07. The zero-order chi connectivity index (χ0) is 16.1. The Kier molecular flexibility index (Phi) is 5.90. The number of thiophene rings is 1. The molecule has 2 atom stereocenters. The molecule has 2 heterocycles. The summed E-state index contributed by atoms with van der Waals surface area (Å²) in [6.07, 6.45) is 2.56. The van der Waals surface area contributed by atoms with E-state index in [2.05, 4.69) is 10.3 Å². The first kappa shape index (κ1) is 16.9. The Morgan fingerprint density at radius 1 is 1.55 bits per heavy atom. The Morgan fingerprint density at radius 3 is 2.95 bits per heavy atom. The highest BCUT2D eigenvalue weighted by atomic mass is 32.2. The third kappa shape index (κ3) is 4.78. The van der Waals surface area contributed by atoms with Crippen LogP contribution in [0.3, 0.4) is 0 Å². The van der Waals surface area contributed by atoms with Crippen molar-refractivity contribution in [3.05, 3.63) is 28.3 Å². The molecule has 2 rings (SSSR count). The zero-order valence-corrected chi connectivity index (χ0v) is 14.6. The van der Waals surface area contributed by atoms with Crippen molar-refractivity contribution in [2.45, 2.75) is 32.7 Å². The van der Waals surface area contributed by atoms with Gasteiger partial charge in [-0.25, -0.2) is 4.98 Å². The Morgan fingerprint density at radius 2 is 2.32 bits per heavy atom. The van der Waals surface area contributed by atoms with E-state index in [1.165, 1.54) is 0 Å². The van der Waals surface area contributed by atoms with E-state index in [0.717, 1.165) is 5.56 Å². The third-order valence-corrected chi connectivity index (χ3v) is 4.73. The molecule has 0 saturated heterocycles. The van der Waals surface area contributed by atoms with Crippen molar-refractivity contribution in [1.29, 1.82) is 0 Å². The van der Waals surface area contributed by atoms with Gasteiger partial charge in [0.25, 0.3) is 0 Å². The predicted octanol–water partition coefficient (Wildman–Crippen LogP) is 2.53. The van der Waals surface area contributed by atoms with E-state index < -0.39 is 10.8 Å². The third-order valence-electron chi connectivity index (χ3n) is 3.23. The standard InChI is InChI=1S/C15H20N2O3S2/c1-10(5-7-22(3)19)16-14(18)8-13-11(2)20-15(17-13)12-4-6-21-9-12/h4,6,9-10H,5,7-8H2,1-3H3,(H,16,18). The Hall–Kier alpha value is -1.47. The molecule has 0 spiro atoms. The molecular weight excluding hydrogens is 320 g/mol. The highest BCUT2D eigenvalue weighted by molar-refractivity contribution is 7.84. The van der Waals surface area contributed by atoms with Crippen LogP contribution in [0.1, 0.15) is 24.8 Å². The van der Waals surface area contributed by atoms with E-state index in [4.69, 9.17) is 4.42 Å². The van der Waals surface area contributed by atoms with E-state index in [1.807, 2.05) is 30.7 Å². The number of carbonyl (C=O) groups is 1.